The highest BCUT2D eigenvalue weighted by Crippen LogP contribution is 2.04. The van der Waals surface area contributed by atoms with Crippen molar-refractivity contribution in [3.63, 3.8) is 0 Å². The van der Waals surface area contributed by atoms with Gasteiger partial charge < -0.3 is 5.11 Å². The molecule has 0 aliphatic carbocycles. The molecule has 1 aromatic heterocycles. The molecule has 1 aromatic rings. The average molecular weight is 201 g/mol. The van der Waals surface area contributed by atoms with Crippen LogP contribution in [0, 0.1) is 6.92 Å². The van der Waals surface area contributed by atoms with E-state index in [4.69, 9.17) is 5.11 Å². The zero-order valence-electron chi connectivity index (χ0n) is 7.52. The van der Waals surface area contributed by atoms with Crippen molar-refractivity contribution in [1.82, 2.24) is 15.0 Å². The van der Waals surface area contributed by atoms with Crippen molar-refractivity contribution in [3.05, 3.63) is 11.4 Å². The van der Waals surface area contributed by atoms with Crippen LogP contribution in [0.5, 0.6) is 0 Å². The van der Waals surface area contributed by atoms with Gasteiger partial charge in [-0.25, -0.2) is 9.48 Å². The number of thioether (sulfide) groups is 1. The maximum Gasteiger partial charge on any atom is 0.358 e. The second kappa shape index (κ2) is 4.27. The van der Waals surface area contributed by atoms with Gasteiger partial charge in [0.1, 0.15) is 0 Å². The van der Waals surface area contributed by atoms with E-state index in [-0.39, 0.29) is 5.69 Å². The lowest BCUT2D eigenvalue weighted by Gasteiger charge is -1.99. The molecule has 13 heavy (non-hydrogen) atoms. The second-order valence-electron chi connectivity index (χ2n) is 2.54. The molecular weight excluding hydrogens is 190 g/mol. The standard InChI is InChI=1S/C7H11N3O2S/c1-5-6(7(11)12)8-9-10(5)3-4-13-2/h3-4H2,1-2H3,(H,11,12). The Morgan fingerprint density at radius 1 is 1.69 bits per heavy atom. The molecule has 5 nitrogen and oxygen atoms in total. The number of hydrogen-bond acceptors (Lipinski definition) is 4. The first kappa shape index (κ1) is 10.0. The lowest BCUT2D eigenvalue weighted by molar-refractivity contribution is 0.0689. The van der Waals surface area contributed by atoms with Gasteiger partial charge in [0.05, 0.1) is 12.2 Å². The first-order valence-electron chi connectivity index (χ1n) is 3.79. The molecule has 0 atom stereocenters. The Hall–Kier alpha value is -1.04. The van der Waals surface area contributed by atoms with Crippen molar-refractivity contribution in [1.29, 1.82) is 0 Å². The highest BCUT2D eigenvalue weighted by molar-refractivity contribution is 7.98. The van der Waals surface area contributed by atoms with Crippen molar-refractivity contribution in [2.45, 2.75) is 13.5 Å². The van der Waals surface area contributed by atoms with Crippen molar-refractivity contribution >= 4 is 17.7 Å². The highest BCUT2D eigenvalue weighted by atomic mass is 32.2. The molecule has 0 bridgehead atoms. The highest BCUT2D eigenvalue weighted by Gasteiger charge is 2.14. The third kappa shape index (κ3) is 2.21. The Bertz CT molecular complexity index is 311. The summed E-state index contributed by atoms with van der Waals surface area (Å²) in [5.74, 6) is -0.114. The smallest absolute Gasteiger partial charge is 0.358 e. The third-order valence-electron chi connectivity index (χ3n) is 1.69. The Morgan fingerprint density at radius 2 is 2.38 bits per heavy atom. The topological polar surface area (TPSA) is 68.0 Å². The zero-order valence-corrected chi connectivity index (χ0v) is 8.34. The van der Waals surface area contributed by atoms with Crippen LogP contribution in [0.2, 0.25) is 0 Å². The van der Waals surface area contributed by atoms with Crippen molar-refractivity contribution in [3.8, 4) is 0 Å². The van der Waals surface area contributed by atoms with Crippen LogP contribution in [0.3, 0.4) is 0 Å². The second-order valence-corrected chi connectivity index (χ2v) is 3.53. The molecule has 6 heteroatoms. The number of aryl methyl sites for hydroxylation is 1. The summed E-state index contributed by atoms with van der Waals surface area (Å²) < 4.78 is 1.61. The Balaban J connectivity index is 2.80. The number of hydrogen-bond donors (Lipinski definition) is 1. The molecule has 1 N–H and O–H groups in total. The van der Waals surface area contributed by atoms with Crippen LogP contribution < -0.4 is 0 Å². The van der Waals surface area contributed by atoms with Gasteiger partial charge in [-0.2, -0.15) is 11.8 Å². The molecule has 1 rings (SSSR count). The summed E-state index contributed by atoms with van der Waals surface area (Å²) in [6.45, 7) is 2.41. The van der Waals surface area contributed by atoms with E-state index < -0.39 is 5.97 Å². The number of nitrogens with zero attached hydrogens (tertiary/aromatic N) is 3. The van der Waals surface area contributed by atoms with E-state index in [0.717, 1.165) is 5.75 Å². The molecule has 0 aromatic carbocycles. The fourth-order valence-corrected chi connectivity index (χ4v) is 1.30. The molecule has 1 heterocycles. The van der Waals surface area contributed by atoms with Gasteiger partial charge in [-0.15, -0.1) is 5.10 Å². The number of carboxylic acid groups (broad SMARTS) is 1. The van der Waals surface area contributed by atoms with Crippen molar-refractivity contribution in [2.24, 2.45) is 0 Å². The summed E-state index contributed by atoms with van der Waals surface area (Å²) in [5, 5.41) is 16.0. The average Bonchev–Trinajstić information content (AvgIpc) is 2.43. The van der Waals surface area contributed by atoms with Gasteiger partial charge >= 0.3 is 5.97 Å². The van der Waals surface area contributed by atoms with Crippen LogP contribution in [-0.4, -0.2) is 38.1 Å². The minimum absolute atomic E-state index is 0.0427. The van der Waals surface area contributed by atoms with Crippen molar-refractivity contribution < 1.29 is 9.90 Å². The molecule has 0 spiro atoms. The first-order valence-corrected chi connectivity index (χ1v) is 5.18. The van der Waals surface area contributed by atoms with E-state index >= 15 is 0 Å². The van der Waals surface area contributed by atoms with Gasteiger partial charge in [-0.3, -0.25) is 0 Å². The van der Waals surface area contributed by atoms with Crippen LogP contribution in [0.25, 0.3) is 0 Å². The van der Waals surface area contributed by atoms with Crippen LogP contribution in [0.4, 0.5) is 0 Å². The maximum absolute atomic E-state index is 10.6. The Labute approximate surface area is 80.1 Å². The van der Waals surface area contributed by atoms with Crippen LogP contribution >= 0.6 is 11.8 Å². The number of rotatable bonds is 4. The summed E-state index contributed by atoms with van der Waals surface area (Å²) in [6.07, 6.45) is 1.99. The van der Waals surface area contributed by atoms with Crippen molar-refractivity contribution in [2.75, 3.05) is 12.0 Å². The number of aromatic nitrogens is 3. The van der Waals surface area contributed by atoms with E-state index in [1.807, 2.05) is 6.26 Å². The number of carboxylic acids is 1. The number of aromatic carboxylic acids is 1. The molecule has 0 saturated carbocycles. The summed E-state index contributed by atoms with van der Waals surface area (Å²) in [7, 11) is 0. The van der Waals surface area contributed by atoms with E-state index in [2.05, 4.69) is 10.3 Å². The first-order chi connectivity index (χ1) is 6.16. The molecular formula is C7H11N3O2S. The maximum atomic E-state index is 10.6. The van der Waals surface area contributed by atoms with E-state index in [1.54, 1.807) is 23.4 Å². The van der Waals surface area contributed by atoms with E-state index in [0.29, 0.717) is 12.2 Å². The van der Waals surface area contributed by atoms with Gasteiger partial charge in [0, 0.05) is 5.75 Å². The summed E-state index contributed by atoms with van der Waals surface area (Å²) in [4.78, 5) is 10.6. The third-order valence-corrected chi connectivity index (χ3v) is 2.28. The van der Waals surface area contributed by atoms with E-state index in [1.165, 1.54) is 0 Å². The molecule has 0 radical (unpaired) electrons. The molecule has 0 aliphatic heterocycles. The molecule has 0 unspecified atom stereocenters. The lowest BCUT2D eigenvalue weighted by atomic mass is 10.3. The molecule has 0 saturated heterocycles. The SMILES string of the molecule is CSCCn1nnc(C(=O)O)c1C. The van der Waals surface area contributed by atoms with Gasteiger partial charge in [0.15, 0.2) is 5.69 Å². The van der Waals surface area contributed by atoms with Gasteiger partial charge in [-0.1, -0.05) is 5.21 Å². The minimum Gasteiger partial charge on any atom is -0.476 e. The Kier molecular flexibility index (Phi) is 3.30. The largest absolute Gasteiger partial charge is 0.476 e. The fraction of sp³-hybridized carbons (Fsp3) is 0.571. The summed E-state index contributed by atoms with van der Waals surface area (Å²) in [6, 6.07) is 0. The normalized spacial score (nSPS) is 10.3. The van der Waals surface area contributed by atoms with E-state index in [9.17, 15) is 4.79 Å². The van der Waals surface area contributed by atoms with Gasteiger partial charge in [0.25, 0.3) is 0 Å². The molecule has 0 fully saturated rings. The van der Waals surface area contributed by atoms with Crippen LogP contribution in [0.1, 0.15) is 16.2 Å². The minimum atomic E-state index is -1.02. The zero-order chi connectivity index (χ0) is 9.84. The summed E-state index contributed by atoms with van der Waals surface area (Å²) in [5.41, 5.74) is 0.655. The molecule has 0 amide bonds. The fourth-order valence-electron chi connectivity index (χ4n) is 0.948. The van der Waals surface area contributed by atoms with Gasteiger partial charge in [-0.05, 0) is 13.2 Å². The monoisotopic (exact) mass is 201 g/mol. The molecule has 72 valence electrons. The summed E-state index contributed by atoms with van der Waals surface area (Å²) >= 11 is 1.69. The predicted molar refractivity (Wildman–Crippen MR) is 50.1 cm³/mol. The van der Waals surface area contributed by atoms with Crippen LogP contribution in [-0.2, 0) is 6.54 Å². The predicted octanol–water partition coefficient (Wildman–Crippen LogP) is 0.648. The lowest BCUT2D eigenvalue weighted by Crippen LogP contribution is -2.06. The number of carbonyl (C=O) groups is 1. The molecule has 0 aliphatic rings. The Morgan fingerprint density at radius 3 is 2.85 bits per heavy atom. The van der Waals surface area contributed by atoms with Gasteiger partial charge in [0.2, 0.25) is 0 Å². The van der Waals surface area contributed by atoms with Crippen LogP contribution in [0.15, 0.2) is 0 Å². The quantitative estimate of drug-likeness (QED) is 0.774.